The number of amides is 1. The van der Waals surface area contributed by atoms with Gasteiger partial charge in [-0.05, 0) is 50.3 Å². The normalized spacial score (nSPS) is 19.8. The third kappa shape index (κ3) is 3.26. The molecule has 5 heteroatoms. The Bertz CT molecular complexity index is 1070. The Kier molecular flexibility index (Phi) is 4.97. The first-order valence-electron chi connectivity index (χ1n) is 11.2. The van der Waals surface area contributed by atoms with Gasteiger partial charge in [0.2, 0.25) is 0 Å². The summed E-state index contributed by atoms with van der Waals surface area (Å²) in [5.41, 5.74) is 5.35. The summed E-state index contributed by atoms with van der Waals surface area (Å²) in [6, 6.07) is 15.1. The van der Waals surface area contributed by atoms with Crippen LogP contribution in [0.5, 0.6) is 0 Å². The Morgan fingerprint density at radius 2 is 1.83 bits per heavy atom. The first-order chi connectivity index (χ1) is 14.6. The van der Waals surface area contributed by atoms with Crippen molar-refractivity contribution in [2.45, 2.75) is 70.4 Å². The van der Waals surface area contributed by atoms with Crippen LogP contribution in [0.15, 0.2) is 42.5 Å². The van der Waals surface area contributed by atoms with Crippen molar-refractivity contribution in [1.29, 1.82) is 0 Å². The topological polar surface area (TPSA) is 58.4 Å². The summed E-state index contributed by atoms with van der Waals surface area (Å²) < 4.78 is 2.48. The van der Waals surface area contributed by atoms with E-state index in [1.165, 1.54) is 48.1 Å². The van der Waals surface area contributed by atoms with Crippen molar-refractivity contribution in [3.63, 3.8) is 0 Å². The van der Waals surface area contributed by atoms with Gasteiger partial charge < -0.3 is 9.67 Å². The molecule has 2 aromatic carbocycles. The zero-order valence-corrected chi connectivity index (χ0v) is 17.6. The second-order valence-corrected chi connectivity index (χ2v) is 8.82. The van der Waals surface area contributed by atoms with Crippen LogP contribution in [-0.4, -0.2) is 26.8 Å². The molecule has 5 nitrogen and oxygen atoms in total. The summed E-state index contributed by atoms with van der Waals surface area (Å²) in [7, 11) is 0. The number of imidazole rings is 1. The molecule has 1 aliphatic heterocycles. The molecule has 30 heavy (non-hydrogen) atoms. The van der Waals surface area contributed by atoms with Crippen LogP contribution in [0.3, 0.4) is 0 Å². The van der Waals surface area contributed by atoms with Crippen LogP contribution < -0.4 is 4.90 Å². The van der Waals surface area contributed by atoms with Gasteiger partial charge in [-0.25, -0.2) is 9.78 Å². The third-order valence-corrected chi connectivity index (χ3v) is 6.88. The number of rotatable bonds is 3. The predicted molar refractivity (Wildman–Crippen MR) is 119 cm³/mol. The minimum atomic E-state index is -0.876. The highest BCUT2D eigenvalue weighted by molar-refractivity contribution is 5.94. The summed E-state index contributed by atoms with van der Waals surface area (Å²) in [6.07, 6.45) is 7.89. The summed E-state index contributed by atoms with van der Waals surface area (Å²) in [5.74, 6) is 1.11. The van der Waals surface area contributed by atoms with Gasteiger partial charge in [0.15, 0.2) is 0 Å². The first kappa shape index (κ1) is 19.2. The molecule has 2 heterocycles. The van der Waals surface area contributed by atoms with Crippen LogP contribution in [0.2, 0.25) is 0 Å². The van der Waals surface area contributed by atoms with Crippen LogP contribution in [0.4, 0.5) is 10.5 Å². The van der Waals surface area contributed by atoms with Crippen molar-refractivity contribution >= 4 is 22.8 Å². The Morgan fingerprint density at radius 3 is 2.57 bits per heavy atom. The van der Waals surface area contributed by atoms with Gasteiger partial charge in [-0.3, -0.25) is 4.90 Å². The van der Waals surface area contributed by atoms with Gasteiger partial charge in [-0.2, -0.15) is 0 Å². The van der Waals surface area contributed by atoms with Crippen LogP contribution >= 0.6 is 0 Å². The Balaban J connectivity index is 1.67. The quantitative estimate of drug-likeness (QED) is 0.588. The molecule has 5 rings (SSSR count). The lowest BCUT2D eigenvalue weighted by atomic mass is 9.94. The largest absolute Gasteiger partial charge is 0.465 e. The zero-order chi connectivity index (χ0) is 20.7. The number of hydrogen-bond acceptors (Lipinski definition) is 2. The van der Waals surface area contributed by atoms with Gasteiger partial charge in [0.05, 0.1) is 16.7 Å². The zero-order valence-electron chi connectivity index (χ0n) is 17.6. The SMILES string of the molecule is C[C@H]1CCc2c(ccc3c2nc(Cc2ccccc2)n3C2CCCCC2)N1C(=O)O. The van der Waals surface area contributed by atoms with Crippen molar-refractivity contribution in [3.05, 3.63) is 59.4 Å². The Labute approximate surface area is 177 Å². The molecule has 0 saturated heterocycles. The van der Waals surface area contributed by atoms with Crippen molar-refractivity contribution < 1.29 is 9.90 Å². The van der Waals surface area contributed by atoms with Gasteiger partial charge >= 0.3 is 6.09 Å². The fraction of sp³-hybridized carbons (Fsp3) is 0.440. The molecular weight excluding hydrogens is 374 g/mol. The molecule has 2 aliphatic rings. The van der Waals surface area contributed by atoms with Gasteiger partial charge in [-0.1, -0.05) is 49.6 Å². The highest BCUT2D eigenvalue weighted by Crippen LogP contribution is 2.39. The molecule has 0 radical (unpaired) electrons. The number of anilines is 1. The Hall–Kier alpha value is -2.82. The highest BCUT2D eigenvalue weighted by atomic mass is 16.4. The van der Waals surface area contributed by atoms with Crippen LogP contribution in [0.25, 0.3) is 11.0 Å². The van der Waals surface area contributed by atoms with Crippen molar-refractivity contribution in [2.24, 2.45) is 0 Å². The fourth-order valence-corrected chi connectivity index (χ4v) is 5.39. The fourth-order valence-electron chi connectivity index (χ4n) is 5.39. The average molecular weight is 404 g/mol. The van der Waals surface area contributed by atoms with Crippen molar-refractivity contribution in [1.82, 2.24) is 9.55 Å². The van der Waals surface area contributed by atoms with E-state index in [0.717, 1.165) is 41.9 Å². The van der Waals surface area contributed by atoms with E-state index in [1.54, 1.807) is 0 Å². The van der Waals surface area contributed by atoms with Gasteiger partial charge in [0, 0.05) is 24.1 Å². The van der Waals surface area contributed by atoms with E-state index in [0.29, 0.717) is 6.04 Å². The molecule has 0 bridgehead atoms. The molecule has 0 unspecified atom stereocenters. The van der Waals surface area contributed by atoms with E-state index in [4.69, 9.17) is 4.98 Å². The minimum Gasteiger partial charge on any atom is -0.465 e. The van der Waals surface area contributed by atoms with Crippen LogP contribution in [0, 0.1) is 0 Å². The number of carbonyl (C=O) groups is 1. The molecule has 1 aliphatic carbocycles. The van der Waals surface area contributed by atoms with Crippen LogP contribution in [0.1, 0.15) is 68.4 Å². The standard InChI is InChI=1S/C25H29N3O2/c1-17-12-13-20-21(27(17)25(29)30)14-15-22-24(20)26-23(16-18-8-4-2-5-9-18)28(22)19-10-6-3-7-11-19/h2,4-5,8-9,14-15,17,19H,3,6-7,10-13,16H2,1H3,(H,29,30)/t17-/m0/s1. The van der Waals surface area contributed by atoms with E-state index in [-0.39, 0.29) is 6.04 Å². The molecule has 1 saturated carbocycles. The molecular formula is C25H29N3O2. The minimum absolute atomic E-state index is 0.00308. The van der Waals surface area contributed by atoms with Gasteiger partial charge in [0.1, 0.15) is 5.82 Å². The second-order valence-electron chi connectivity index (χ2n) is 8.82. The van der Waals surface area contributed by atoms with Gasteiger partial charge in [0.25, 0.3) is 0 Å². The predicted octanol–water partition coefficient (Wildman–Crippen LogP) is 5.95. The van der Waals surface area contributed by atoms with E-state index in [1.807, 2.05) is 19.1 Å². The van der Waals surface area contributed by atoms with E-state index >= 15 is 0 Å². The van der Waals surface area contributed by atoms with E-state index in [2.05, 4.69) is 34.9 Å². The number of carboxylic acid groups (broad SMARTS) is 1. The van der Waals surface area contributed by atoms with Crippen molar-refractivity contribution in [2.75, 3.05) is 4.90 Å². The highest BCUT2D eigenvalue weighted by Gasteiger charge is 2.31. The summed E-state index contributed by atoms with van der Waals surface area (Å²) in [5, 5.41) is 9.79. The summed E-state index contributed by atoms with van der Waals surface area (Å²) in [4.78, 5) is 18.6. The van der Waals surface area contributed by atoms with Gasteiger partial charge in [-0.15, -0.1) is 0 Å². The maximum atomic E-state index is 11.9. The number of aromatic nitrogens is 2. The number of fused-ring (bicyclic) bond motifs is 3. The lowest BCUT2D eigenvalue weighted by molar-refractivity contribution is 0.198. The molecule has 0 spiro atoms. The number of benzene rings is 2. The molecule has 1 amide bonds. The van der Waals surface area contributed by atoms with E-state index < -0.39 is 6.09 Å². The number of aryl methyl sites for hydroxylation is 1. The first-order valence-corrected chi connectivity index (χ1v) is 11.2. The Morgan fingerprint density at radius 1 is 1.07 bits per heavy atom. The number of nitrogens with zero attached hydrogens (tertiary/aromatic N) is 3. The maximum absolute atomic E-state index is 11.9. The smallest absolute Gasteiger partial charge is 0.412 e. The molecule has 1 fully saturated rings. The molecule has 1 N–H and O–H groups in total. The third-order valence-electron chi connectivity index (χ3n) is 6.88. The second kappa shape index (κ2) is 7.78. The number of hydrogen-bond donors (Lipinski definition) is 1. The molecule has 3 aromatic rings. The average Bonchev–Trinajstić information content (AvgIpc) is 3.12. The molecule has 1 aromatic heterocycles. The van der Waals surface area contributed by atoms with E-state index in [9.17, 15) is 9.90 Å². The molecule has 156 valence electrons. The molecule has 1 atom stereocenters. The summed E-state index contributed by atoms with van der Waals surface area (Å²) in [6.45, 7) is 1.99. The maximum Gasteiger partial charge on any atom is 0.412 e. The monoisotopic (exact) mass is 403 g/mol. The lowest BCUT2D eigenvalue weighted by Crippen LogP contribution is -2.41. The summed E-state index contributed by atoms with van der Waals surface area (Å²) >= 11 is 0. The van der Waals surface area contributed by atoms with Crippen LogP contribution in [-0.2, 0) is 12.8 Å². The van der Waals surface area contributed by atoms with Crippen molar-refractivity contribution in [3.8, 4) is 0 Å². The lowest BCUT2D eigenvalue weighted by Gasteiger charge is -2.33.